The van der Waals surface area contributed by atoms with E-state index in [1.807, 2.05) is 0 Å². The lowest BCUT2D eigenvalue weighted by molar-refractivity contribution is 0.193. The van der Waals surface area contributed by atoms with Crippen LogP contribution in [-0.2, 0) is 0 Å². The molecule has 0 aromatic heterocycles. The van der Waals surface area contributed by atoms with E-state index in [4.69, 9.17) is 5.11 Å². The van der Waals surface area contributed by atoms with E-state index in [2.05, 4.69) is 20.8 Å². The van der Waals surface area contributed by atoms with E-state index in [0.717, 1.165) is 18.8 Å². The van der Waals surface area contributed by atoms with Gasteiger partial charge in [0.25, 0.3) is 0 Å². The topological polar surface area (TPSA) is 20.2 Å². The third-order valence-corrected chi connectivity index (χ3v) is 2.84. The molecule has 0 amide bonds. The van der Waals surface area contributed by atoms with Crippen LogP contribution in [0.4, 0.5) is 0 Å². The van der Waals surface area contributed by atoms with E-state index >= 15 is 0 Å². The molecule has 0 saturated carbocycles. The first-order chi connectivity index (χ1) is 6.70. The number of hydrogen-bond acceptors (Lipinski definition) is 1. The molecule has 14 heavy (non-hydrogen) atoms. The Morgan fingerprint density at radius 1 is 0.929 bits per heavy atom. The third kappa shape index (κ3) is 8.55. The van der Waals surface area contributed by atoms with Crippen molar-refractivity contribution in [3.05, 3.63) is 6.92 Å². The lowest BCUT2D eigenvalue weighted by Gasteiger charge is -2.16. The van der Waals surface area contributed by atoms with Gasteiger partial charge in [-0.3, -0.25) is 0 Å². The largest absolute Gasteiger partial charge is 0.393 e. The molecule has 0 aliphatic rings. The fourth-order valence-electron chi connectivity index (χ4n) is 1.85. The quantitative estimate of drug-likeness (QED) is 0.596. The van der Waals surface area contributed by atoms with E-state index < -0.39 is 0 Å². The predicted octanol–water partition coefficient (Wildman–Crippen LogP) is 3.96. The maximum absolute atomic E-state index is 9.14. The Bertz CT molecular complexity index is 102. The van der Waals surface area contributed by atoms with Gasteiger partial charge in [0.05, 0.1) is 6.10 Å². The van der Waals surface area contributed by atoms with Crippen LogP contribution in [-0.4, -0.2) is 11.2 Å². The van der Waals surface area contributed by atoms with Gasteiger partial charge in [-0.05, 0) is 25.7 Å². The second-order valence-electron chi connectivity index (χ2n) is 4.38. The zero-order chi connectivity index (χ0) is 10.8. The van der Waals surface area contributed by atoms with Crippen LogP contribution in [0.25, 0.3) is 0 Å². The molecule has 0 bridgehead atoms. The molecule has 0 aliphatic carbocycles. The first-order valence-corrected chi connectivity index (χ1v) is 6.21. The highest BCUT2D eigenvalue weighted by molar-refractivity contribution is 4.64. The summed E-state index contributed by atoms with van der Waals surface area (Å²) in [5, 5.41) is 9.14. The molecule has 0 rings (SSSR count). The molecule has 1 heteroatoms. The smallest absolute Gasteiger partial charge is 0.0541 e. The van der Waals surface area contributed by atoms with E-state index in [1.165, 1.54) is 38.5 Å². The highest BCUT2D eigenvalue weighted by Gasteiger charge is 2.08. The van der Waals surface area contributed by atoms with Gasteiger partial charge in [-0.1, -0.05) is 52.4 Å². The Hall–Kier alpha value is -0.0400. The number of aliphatic hydroxyl groups is 1. The maximum atomic E-state index is 9.14. The number of rotatable bonds is 9. The molecule has 1 atom stereocenters. The highest BCUT2D eigenvalue weighted by atomic mass is 16.3. The van der Waals surface area contributed by atoms with E-state index in [0.29, 0.717) is 0 Å². The molecule has 1 radical (unpaired) electrons. The summed E-state index contributed by atoms with van der Waals surface area (Å²) in [6.45, 7) is 8.11. The van der Waals surface area contributed by atoms with Crippen molar-refractivity contribution in [2.45, 2.75) is 71.3 Å². The predicted molar refractivity (Wildman–Crippen MR) is 63.1 cm³/mol. The van der Waals surface area contributed by atoms with Crippen molar-refractivity contribution in [2.24, 2.45) is 5.92 Å². The van der Waals surface area contributed by atoms with Gasteiger partial charge < -0.3 is 5.11 Å². The minimum absolute atomic E-state index is 0.360. The molecule has 1 unspecified atom stereocenters. The molecule has 0 saturated heterocycles. The van der Waals surface area contributed by atoms with E-state index in [1.54, 1.807) is 0 Å². The van der Waals surface area contributed by atoms with Crippen molar-refractivity contribution in [3.8, 4) is 0 Å². The van der Waals surface area contributed by atoms with Gasteiger partial charge in [-0.2, -0.15) is 0 Å². The van der Waals surface area contributed by atoms with Crippen LogP contribution in [0.1, 0.15) is 65.2 Å². The normalized spacial score (nSPS) is 13.5. The summed E-state index contributed by atoms with van der Waals surface area (Å²) in [5.74, 6) is 0.825. The summed E-state index contributed by atoms with van der Waals surface area (Å²) < 4.78 is 0. The Morgan fingerprint density at radius 3 is 1.79 bits per heavy atom. The molecular weight excluding hydrogens is 172 g/mol. The molecule has 1 N–H and O–H groups in total. The van der Waals surface area contributed by atoms with E-state index in [-0.39, 0.29) is 6.10 Å². The molecule has 85 valence electrons. The first kappa shape index (κ1) is 14.0. The number of hydrogen-bond donors (Lipinski definition) is 1. The highest BCUT2D eigenvalue weighted by Crippen LogP contribution is 2.21. The van der Waals surface area contributed by atoms with Crippen molar-refractivity contribution >= 4 is 0 Å². The lowest BCUT2D eigenvalue weighted by Crippen LogP contribution is -2.07. The standard InChI is InChI=1S/C13H27O/c1-4-6-8-13(9-7-5-2)11-10-12(3)14/h12-14H,3-11H2,1-2H3. The zero-order valence-electron chi connectivity index (χ0n) is 9.97. The van der Waals surface area contributed by atoms with Crippen LogP contribution in [0.15, 0.2) is 0 Å². The summed E-state index contributed by atoms with van der Waals surface area (Å²) >= 11 is 0. The van der Waals surface area contributed by atoms with Gasteiger partial charge in [-0.15, -0.1) is 0 Å². The van der Waals surface area contributed by atoms with Gasteiger partial charge in [0.15, 0.2) is 0 Å². The van der Waals surface area contributed by atoms with Crippen LogP contribution in [0, 0.1) is 12.8 Å². The van der Waals surface area contributed by atoms with Crippen LogP contribution in [0.3, 0.4) is 0 Å². The minimum Gasteiger partial charge on any atom is -0.393 e. The number of unbranched alkanes of at least 4 members (excludes halogenated alkanes) is 2. The van der Waals surface area contributed by atoms with Gasteiger partial charge in [0.2, 0.25) is 0 Å². The van der Waals surface area contributed by atoms with Crippen LogP contribution >= 0.6 is 0 Å². The van der Waals surface area contributed by atoms with Crippen molar-refractivity contribution < 1.29 is 5.11 Å². The molecule has 0 spiro atoms. The summed E-state index contributed by atoms with van der Waals surface area (Å²) in [5.41, 5.74) is 0. The summed E-state index contributed by atoms with van der Waals surface area (Å²) in [7, 11) is 0. The second kappa shape index (κ2) is 9.51. The Morgan fingerprint density at radius 2 is 1.43 bits per heavy atom. The van der Waals surface area contributed by atoms with Gasteiger partial charge in [0, 0.05) is 0 Å². The first-order valence-electron chi connectivity index (χ1n) is 6.21. The number of aliphatic hydroxyl groups excluding tert-OH is 1. The summed E-state index contributed by atoms with van der Waals surface area (Å²) in [6, 6.07) is 0. The molecular formula is C13H27O. The minimum atomic E-state index is -0.360. The fourth-order valence-corrected chi connectivity index (χ4v) is 1.85. The Balaban J connectivity index is 3.60. The van der Waals surface area contributed by atoms with Crippen molar-refractivity contribution in [2.75, 3.05) is 0 Å². The molecule has 1 nitrogen and oxygen atoms in total. The lowest BCUT2D eigenvalue weighted by atomic mass is 9.91. The summed E-state index contributed by atoms with van der Waals surface area (Å²) in [4.78, 5) is 0. The van der Waals surface area contributed by atoms with Gasteiger partial charge >= 0.3 is 0 Å². The average Bonchev–Trinajstić information content (AvgIpc) is 2.16. The molecule has 0 aromatic carbocycles. The van der Waals surface area contributed by atoms with Crippen LogP contribution < -0.4 is 0 Å². The molecule has 0 heterocycles. The van der Waals surface area contributed by atoms with Crippen molar-refractivity contribution in [1.29, 1.82) is 0 Å². The average molecular weight is 199 g/mol. The fraction of sp³-hybridized carbons (Fsp3) is 0.923. The SMILES string of the molecule is [CH2]C(O)CCC(CCCC)CCCC. The maximum Gasteiger partial charge on any atom is 0.0541 e. The Kier molecular flexibility index (Phi) is 9.49. The molecule has 0 fully saturated rings. The van der Waals surface area contributed by atoms with Crippen molar-refractivity contribution in [3.63, 3.8) is 0 Å². The molecule has 0 aliphatic heterocycles. The van der Waals surface area contributed by atoms with E-state index in [9.17, 15) is 0 Å². The van der Waals surface area contributed by atoms with Gasteiger partial charge in [0.1, 0.15) is 0 Å². The monoisotopic (exact) mass is 199 g/mol. The Labute approximate surface area is 89.9 Å². The van der Waals surface area contributed by atoms with Gasteiger partial charge in [-0.25, -0.2) is 0 Å². The van der Waals surface area contributed by atoms with Crippen LogP contribution in [0.5, 0.6) is 0 Å². The summed E-state index contributed by atoms with van der Waals surface area (Å²) in [6.07, 6.45) is 9.59. The second-order valence-corrected chi connectivity index (χ2v) is 4.38. The zero-order valence-corrected chi connectivity index (χ0v) is 9.97. The van der Waals surface area contributed by atoms with Crippen LogP contribution in [0.2, 0.25) is 0 Å². The van der Waals surface area contributed by atoms with Crippen molar-refractivity contribution in [1.82, 2.24) is 0 Å². The molecule has 0 aromatic rings. The third-order valence-electron chi connectivity index (χ3n) is 2.84.